The molecule has 0 aromatic rings. The van der Waals surface area contributed by atoms with Crippen molar-refractivity contribution < 1.29 is 4.79 Å². The monoisotopic (exact) mass is 325 g/mol. The van der Waals surface area contributed by atoms with E-state index >= 15 is 0 Å². The van der Waals surface area contributed by atoms with Crippen LogP contribution in [0.25, 0.3) is 0 Å². The lowest BCUT2D eigenvalue weighted by molar-refractivity contribution is -0.123. The molecule has 1 amide bonds. The van der Waals surface area contributed by atoms with E-state index in [0.29, 0.717) is 6.04 Å². The molecule has 2 rings (SSSR count). The van der Waals surface area contributed by atoms with Gasteiger partial charge in [0.25, 0.3) is 0 Å². The summed E-state index contributed by atoms with van der Waals surface area (Å²) >= 11 is 0. The Morgan fingerprint density at radius 3 is 2.40 bits per heavy atom. The third-order valence-electron chi connectivity index (χ3n) is 3.93. The van der Waals surface area contributed by atoms with E-state index < -0.39 is 0 Å². The van der Waals surface area contributed by atoms with Gasteiger partial charge in [-0.2, -0.15) is 0 Å². The largest absolute Gasteiger partial charge is 0.352 e. The maximum absolute atomic E-state index is 12.0. The fraction of sp³-hybridized carbons (Fsp3) is 0.929. The van der Waals surface area contributed by atoms with Crippen molar-refractivity contribution in [3.63, 3.8) is 0 Å². The van der Waals surface area contributed by atoms with Gasteiger partial charge in [-0.3, -0.25) is 4.79 Å². The molecule has 2 saturated heterocycles. The van der Waals surface area contributed by atoms with Crippen LogP contribution in [-0.2, 0) is 4.79 Å². The van der Waals surface area contributed by atoms with Gasteiger partial charge >= 0.3 is 0 Å². The van der Waals surface area contributed by atoms with Gasteiger partial charge < -0.3 is 15.5 Å². The lowest BCUT2D eigenvalue weighted by atomic mass is 10.0. The number of carbonyl (C=O) groups is 1. The molecule has 0 aromatic carbocycles. The van der Waals surface area contributed by atoms with Gasteiger partial charge in [0.2, 0.25) is 5.91 Å². The molecule has 2 fully saturated rings. The highest BCUT2D eigenvalue weighted by molar-refractivity contribution is 5.85. The Hall–Kier alpha value is -0.0300. The quantitative estimate of drug-likeness (QED) is 0.828. The molecule has 4 nitrogen and oxygen atoms in total. The Morgan fingerprint density at radius 2 is 1.90 bits per heavy atom. The second kappa shape index (κ2) is 9.82. The van der Waals surface area contributed by atoms with Gasteiger partial charge in [0.1, 0.15) is 0 Å². The molecule has 0 aliphatic carbocycles. The Bertz CT molecular complexity index is 276. The zero-order valence-electron chi connectivity index (χ0n) is 12.6. The molecule has 20 heavy (non-hydrogen) atoms. The molecule has 0 saturated carbocycles. The summed E-state index contributed by atoms with van der Waals surface area (Å²) in [5.41, 5.74) is 0. The first-order valence-corrected chi connectivity index (χ1v) is 7.41. The summed E-state index contributed by atoms with van der Waals surface area (Å²) in [7, 11) is 0. The second-order valence-electron chi connectivity index (χ2n) is 6.13. The van der Waals surface area contributed by atoms with Crippen molar-refractivity contribution in [1.82, 2.24) is 15.5 Å². The molecular formula is C14H29Cl2N3O. The van der Waals surface area contributed by atoms with Gasteiger partial charge in [0.05, 0.1) is 6.04 Å². The zero-order chi connectivity index (χ0) is 13.0. The third-order valence-corrected chi connectivity index (χ3v) is 3.93. The number of halogens is 2. The molecular weight excluding hydrogens is 297 g/mol. The van der Waals surface area contributed by atoms with Gasteiger partial charge in [0.15, 0.2) is 0 Å². The van der Waals surface area contributed by atoms with Crippen LogP contribution in [0.5, 0.6) is 0 Å². The van der Waals surface area contributed by atoms with Crippen molar-refractivity contribution in [3.05, 3.63) is 0 Å². The lowest BCUT2D eigenvalue weighted by Crippen LogP contribution is -2.49. The maximum Gasteiger partial charge on any atom is 0.237 e. The minimum atomic E-state index is 0. The van der Waals surface area contributed by atoms with Gasteiger partial charge in [-0.25, -0.2) is 0 Å². The number of rotatable bonds is 4. The summed E-state index contributed by atoms with van der Waals surface area (Å²) in [5.74, 6) is 0.952. The van der Waals surface area contributed by atoms with Crippen LogP contribution in [0, 0.1) is 5.92 Å². The van der Waals surface area contributed by atoms with E-state index in [1.165, 1.54) is 6.54 Å². The fourth-order valence-corrected chi connectivity index (χ4v) is 2.99. The maximum atomic E-state index is 12.0. The number of nitrogens with one attached hydrogen (secondary N) is 2. The van der Waals surface area contributed by atoms with Gasteiger partial charge in [0, 0.05) is 25.7 Å². The molecule has 0 bridgehead atoms. The van der Waals surface area contributed by atoms with Crippen molar-refractivity contribution in [1.29, 1.82) is 0 Å². The van der Waals surface area contributed by atoms with Crippen LogP contribution < -0.4 is 10.6 Å². The second-order valence-corrected chi connectivity index (χ2v) is 6.13. The van der Waals surface area contributed by atoms with Gasteiger partial charge in [-0.05, 0) is 38.1 Å². The molecule has 2 N–H and O–H groups in total. The molecule has 6 heteroatoms. The number of hydrogen-bond acceptors (Lipinski definition) is 3. The van der Waals surface area contributed by atoms with E-state index in [4.69, 9.17) is 0 Å². The standard InChI is InChI=1S/C14H27N3O.2ClH/c1-11(2)10-17-8-5-12(6-9-17)16-14(18)13-4-3-7-15-13;;/h11-13,15H,3-10H2,1-2H3,(H,16,18);2*1H. The highest BCUT2D eigenvalue weighted by atomic mass is 35.5. The van der Waals surface area contributed by atoms with Gasteiger partial charge in [-0.1, -0.05) is 13.8 Å². The first-order chi connectivity index (χ1) is 8.65. The molecule has 1 atom stereocenters. The number of hydrogen-bond donors (Lipinski definition) is 2. The summed E-state index contributed by atoms with van der Waals surface area (Å²) in [4.78, 5) is 14.5. The molecule has 2 aliphatic rings. The fourth-order valence-electron chi connectivity index (χ4n) is 2.99. The molecule has 2 heterocycles. The molecule has 1 unspecified atom stereocenters. The Balaban J connectivity index is 0.00000180. The van der Waals surface area contributed by atoms with Crippen molar-refractivity contribution in [3.8, 4) is 0 Å². The Labute approximate surface area is 135 Å². The first kappa shape index (κ1) is 20.0. The summed E-state index contributed by atoms with van der Waals surface area (Å²) in [6.07, 6.45) is 4.33. The zero-order valence-corrected chi connectivity index (χ0v) is 14.2. The number of likely N-dealkylation sites (tertiary alicyclic amines) is 1. The normalized spacial score (nSPS) is 24.1. The average molecular weight is 326 g/mol. The molecule has 0 radical (unpaired) electrons. The minimum Gasteiger partial charge on any atom is -0.352 e. The first-order valence-electron chi connectivity index (χ1n) is 7.41. The predicted octanol–water partition coefficient (Wildman–Crippen LogP) is 1.82. The number of amides is 1. The number of carbonyl (C=O) groups excluding carboxylic acids is 1. The summed E-state index contributed by atoms with van der Waals surface area (Å²) in [5, 5.41) is 6.46. The van der Waals surface area contributed by atoms with Crippen LogP contribution in [0.1, 0.15) is 39.5 Å². The summed E-state index contributed by atoms with van der Waals surface area (Å²) in [6.45, 7) is 8.96. The van der Waals surface area contributed by atoms with E-state index in [9.17, 15) is 4.79 Å². The highest BCUT2D eigenvalue weighted by Gasteiger charge is 2.26. The smallest absolute Gasteiger partial charge is 0.237 e. The predicted molar refractivity (Wildman–Crippen MR) is 88.0 cm³/mol. The number of piperidine rings is 1. The van der Waals surface area contributed by atoms with E-state index in [1.54, 1.807) is 0 Å². The van der Waals surface area contributed by atoms with Crippen LogP contribution in [0.2, 0.25) is 0 Å². The highest BCUT2D eigenvalue weighted by Crippen LogP contribution is 2.13. The molecule has 0 spiro atoms. The average Bonchev–Trinajstić information content (AvgIpc) is 2.84. The third kappa shape index (κ3) is 6.17. The molecule has 0 aromatic heterocycles. The van der Waals surface area contributed by atoms with Crippen molar-refractivity contribution >= 4 is 30.7 Å². The molecule has 120 valence electrons. The van der Waals surface area contributed by atoms with Crippen LogP contribution in [0.4, 0.5) is 0 Å². The van der Waals surface area contributed by atoms with Gasteiger partial charge in [-0.15, -0.1) is 24.8 Å². The van der Waals surface area contributed by atoms with Crippen molar-refractivity contribution in [2.24, 2.45) is 5.92 Å². The SMILES string of the molecule is CC(C)CN1CCC(NC(=O)C2CCCN2)CC1.Cl.Cl. The molecule has 2 aliphatic heterocycles. The van der Waals surface area contributed by atoms with E-state index in [0.717, 1.165) is 51.2 Å². The van der Waals surface area contributed by atoms with Crippen molar-refractivity contribution in [2.45, 2.75) is 51.6 Å². The van der Waals surface area contributed by atoms with E-state index in [-0.39, 0.29) is 36.8 Å². The minimum absolute atomic E-state index is 0. The van der Waals surface area contributed by atoms with Crippen LogP contribution in [0.15, 0.2) is 0 Å². The number of nitrogens with zero attached hydrogens (tertiary/aromatic N) is 1. The summed E-state index contributed by atoms with van der Waals surface area (Å²) < 4.78 is 0. The topological polar surface area (TPSA) is 44.4 Å². The van der Waals surface area contributed by atoms with Crippen molar-refractivity contribution in [2.75, 3.05) is 26.2 Å². The Morgan fingerprint density at radius 1 is 1.25 bits per heavy atom. The summed E-state index contributed by atoms with van der Waals surface area (Å²) in [6, 6.07) is 0.460. The van der Waals surface area contributed by atoms with Crippen LogP contribution in [0.3, 0.4) is 0 Å². The Kier molecular flexibility index (Phi) is 9.81. The van der Waals surface area contributed by atoms with Crippen LogP contribution in [-0.4, -0.2) is 49.1 Å². The van der Waals surface area contributed by atoms with E-state index in [1.807, 2.05) is 0 Å². The van der Waals surface area contributed by atoms with Crippen LogP contribution >= 0.6 is 24.8 Å². The lowest BCUT2D eigenvalue weighted by Gasteiger charge is -2.33. The van der Waals surface area contributed by atoms with E-state index in [2.05, 4.69) is 29.4 Å².